The van der Waals surface area contributed by atoms with Gasteiger partial charge in [0, 0.05) is 0 Å². The summed E-state index contributed by atoms with van der Waals surface area (Å²) in [5.41, 5.74) is 0. The maximum Gasteiger partial charge on any atom is 0.102 e. The number of thioether (sulfide) groups is 4. The quantitative estimate of drug-likeness (QED) is 0.599. The molecule has 0 nitrogen and oxygen atoms in total. The minimum atomic E-state index is 0.135. The predicted molar refractivity (Wildman–Crippen MR) is 84.8 cm³/mol. The van der Waals surface area contributed by atoms with E-state index >= 15 is 0 Å². The molecule has 0 bridgehead atoms. The van der Waals surface area contributed by atoms with Crippen LogP contribution in [0.4, 0.5) is 0 Å². The molecule has 84 valence electrons. The molecule has 0 unspecified atom stereocenters. The highest BCUT2D eigenvalue weighted by Gasteiger charge is 2.43. The third-order valence-electron chi connectivity index (χ3n) is 2.15. The molecule has 1 aliphatic rings. The summed E-state index contributed by atoms with van der Waals surface area (Å²) in [5, 5.41) is 0. The fourth-order valence-electron chi connectivity index (χ4n) is 1.33. The zero-order chi connectivity index (χ0) is 10.6. The molecule has 0 atom stereocenters. The normalized spacial score (nSPS) is 20.4. The van der Waals surface area contributed by atoms with Gasteiger partial charge in [-0.2, -0.15) is 25.3 Å². The molecule has 0 N–H and O–H groups in total. The van der Waals surface area contributed by atoms with Crippen molar-refractivity contribution in [2.75, 3.05) is 24.0 Å². The first-order chi connectivity index (χ1) is 6.67. The van der Waals surface area contributed by atoms with E-state index in [1.807, 2.05) is 23.5 Å². The van der Waals surface area contributed by atoms with Crippen LogP contribution in [-0.4, -0.2) is 37.3 Å². The van der Waals surface area contributed by atoms with Gasteiger partial charge in [0.2, 0.25) is 0 Å². The monoisotopic (exact) mass is 304 g/mol. The van der Waals surface area contributed by atoms with Gasteiger partial charge in [-0.1, -0.05) is 0 Å². The molecule has 1 aliphatic heterocycles. The summed E-state index contributed by atoms with van der Waals surface area (Å²) in [4.78, 5) is 0. The van der Waals surface area contributed by atoms with Gasteiger partial charge in [-0.15, -0.1) is 47.0 Å². The average Bonchev–Trinajstić information content (AvgIpc) is 2.22. The summed E-state index contributed by atoms with van der Waals surface area (Å²) in [5.74, 6) is 2.57. The van der Waals surface area contributed by atoms with Crippen LogP contribution in [0.15, 0.2) is 0 Å². The van der Waals surface area contributed by atoms with Gasteiger partial charge in [-0.3, -0.25) is 0 Å². The Morgan fingerprint density at radius 1 is 1.21 bits per heavy atom. The molecular formula is C8H16S6. The van der Waals surface area contributed by atoms with E-state index in [1.54, 1.807) is 0 Å². The van der Waals surface area contributed by atoms with Gasteiger partial charge in [-0.05, 0) is 30.4 Å². The highest BCUT2D eigenvalue weighted by atomic mass is 32.2. The van der Waals surface area contributed by atoms with E-state index < -0.39 is 0 Å². The molecule has 0 radical (unpaired) electrons. The second-order valence-electron chi connectivity index (χ2n) is 2.93. The Labute approximate surface area is 115 Å². The molecule has 1 fully saturated rings. The molecule has 0 aliphatic carbocycles. The van der Waals surface area contributed by atoms with E-state index in [4.69, 9.17) is 0 Å². The first-order valence-electron chi connectivity index (χ1n) is 4.37. The second kappa shape index (κ2) is 6.74. The van der Waals surface area contributed by atoms with E-state index in [0.29, 0.717) is 4.58 Å². The molecule has 0 aromatic rings. The predicted octanol–water partition coefficient (Wildman–Crippen LogP) is 3.79. The molecule has 0 saturated carbocycles. The Kier molecular flexibility index (Phi) is 6.82. The number of hydrogen-bond donors (Lipinski definition) is 2. The first kappa shape index (κ1) is 14.2. The van der Waals surface area contributed by atoms with Crippen LogP contribution >= 0.6 is 72.3 Å². The fourth-order valence-corrected chi connectivity index (χ4v) is 9.67. The van der Waals surface area contributed by atoms with Crippen molar-refractivity contribution >= 4 is 72.3 Å². The molecule has 0 aromatic carbocycles. The van der Waals surface area contributed by atoms with Crippen molar-refractivity contribution in [3.8, 4) is 0 Å². The van der Waals surface area contributed by atoms with Gasteiger partial charge >= 0.3 is 0 Å². The Balaban J connectivity index is 2.73. The van der Waals surface area contributed by atoms with Gasteiger partial charge in [0.05, 0.1) is 9.16 Å². The SMILES string of the molecule is CSC(SC)(C(S)S)C1SCCCS1. The lowest BCUT2D eigenvalue weighted by molar-refractivity contribution is 0.966. The van der Waals surface area contributed by atoms with E-state index in [0.717, 1.165) is 0 Å². The van der Waals surface area contributed by atoms with Gasteiger partial charge < -0.3 is 0 Å². The largest absolute Gasteiger partial charge is 0.163 e. The highest BCUT2D eigenvalue weighted by Crippen LogP contribution is 2.53. The van der Waals surface area contributed by atoms with Crippen LogP contribution in [0, 0.1) is 0 Å². The van der Waals surface area contributed by atoms with Crippen molar-refractivity contribution < 1.29 is 0 Å². The Hall–Kier alpha value is 2.10. The van der Waals surface area contributed by atoms with E-state index in [2.05, 4.69) is 61.3 Å². The Morgan fingerprint density at radius 2 is 1.71 bits per heavy atom. The summed E-state index contributed by atoms with van der Waals surface area (Å²) < 4.78 is 0.902. The summed E-state index contributed by atoms with van der Waals surface area (Å²) in [7, 11) is 0. The minimum absolute atomic E-state index is 0.135. The van der Waals surface area contributed by atoms with Crippen LogP contribution in [0.1, 0.15) is 6.42 Å². The third-order valence-corrected chi connectivity index (χ3v) is 10.7. The van der Waals surface area contributed by atoms with E-state index in [1.165, 1.54) is 17.9 Å². The summed E-state index contributed by atoms with van der Waals surface area (Å²) in [6, 6.07) is 0. The Morgan fingerprint density at radius 3 is 2.07 bits per heavy atom. The molecular weight excluding hydrogens is 288 g/mol. The lowest BCUT2D eigenvalue weighted by Gasteiger charge is -2.41. The second-order valence-corrected chi connectivity index (χ2v) is 9.52. The molecule has 0 amide bonds. The smallest absolute Gasteiger partial charge is 0.102 e. The zero-order valence-electron chi connectivity index (χ0n) is 8.30. The van der Waals surface area contributed by atoms with E-state index in [-0.39, 0.29) is 8.66 Å². The average molecular weight is 305 g/mol. The molecule has 14 heavy (non-hydrogen) atoms. The molecule has 6 heteroatoms. The maximum absolute atomic E-state index is 4.54. The highest BCUT2D eigenvalue weighted by molar-refractivity contribution is 8.25. The topological polar surface area (TPSA) is 0 Å². The molecule has 1 saturated heterocycles. The van der Waals surface area contributed by atoms with E-state index in [9.17, 15) is 0 Å². The zero-order valence-corrected chi connectivity index (χ0v) is 13.4. The van der Waals surface area contributed by atoms with Gasteiger partial charge in [0.25, 0.3) is 0 Å². The molecule has 0 spiro atoms. The maximum atomic E-state index is 4.54. The van der Waals surface area contributed by atoms with Crippen molar-refractivity contribution in [2.45, 2.75) is 19.7 Å². The van der Waals surface area contributed by atoms with Crippen LogP contribution in [0.5, 0.6) is 0 Å². The minimum Gasteiger partial charge on any atom is -0.163 e. The van der Waals surface area contributed by atoms with Gasteiger partial charge in [0.15, 0.2) is 0 Å². The lowest BCUT2D eigenvalue weighted by atomic mass is 10.5. The van der Waals surface area contributed by atoms with Crippen molar-refractivity contribution in [2.24, 2.45) is 0 Å². The van der Waals surface area contributed by atoms with Crippen LogP contribution in [0.25, 0.3) is 0 Å². The van der Waals surface area contributed by atoms with Crippen LogP contribution in [0.2, 0.25) is 0 Å². The third kappa shape index (κ3) is 3.06. The van der Waals surface area contributed by atoms with Crippen molar-refractivity contribution in [1.29, 1.82) is 0 Å². The number of rotatable bonds is 4. The van der Waals surface area contributed by atoms with Crippen LogP contribution in [0.3, 0.4) is 0 Å². The van der Waals surface area contributed by atoms with Crippen molar-refractivity contribution in [1.82, 2.24) is 0 Å². The van der Waals surface area contributed by atoms with Gasteiger partial charge in [0.1, 0.15) is 4.08 Å². The summed E-state index contributed by atoms with van der Waals surface area (Å²) in [6.45, 7) is 0. The summed E-state index contributed by atoms with van der Waals surface area (Å²) in [6.07, 6.45) is 5.69. The first-order valence-corrected chi connectivity index (χ1v) is 9.95. The van der Waals surface area contributed by atoms with Crippen molar-refractivity contribution in [3.63, 3.8) is 0 Å². The summed E-state index contributed by atoms with van der Waals surface area (Å²) >= 11 is 17.0. The lowest BCUT2D eigenvalue weighted by Crippen LogP contribution is -2.39. The molecule has 0 aromatic heterocycles. The number of hydrogen-bond acceptors (Lipinski definition) is 6. The number of thiol groups is 2. The fraction of sp³-hybridized carbons (Fsp3) is 1.00. The van der Waals surface area contributed by atoms with Crippen molar-refractivity contribution in [3.05, 3.63) is 0 Å². The Bertz CT molecular complexity index is 161. The molecule has 1 rings (SSSR count). The molecule has 1 heterocycles. The van der Waals surface area contributed by atoms with Gasteiger partial charge in [-0.25, -0.2) is 0 Å². The van der Waals surface area contributed by atoms with Crippen LogP contribution in [-0.2, 0) is 0 Å². The van der Waals surface area contributed by atoms with Crippen LogP contribution < -0.4 is 0 Å². The standard InChI is InChI=1S/C8H16S6/c1-11-8(12-2,6(9)10)7-13-4-3-5-14-7/h6-7,9-10H,3-5H2,1-2H3.